The van der Waals surface area contributed by atoms with Crippen molar-refractivity contribution in [1.82, 2.24) is 0 Å². The molecule has 0 aliphatic carbocycles. The fourth-order valence-electron chi connectivity index (χ4n) is 1.96. The number of benzene rings is 1. The molecule has 1 aliphatic heterocycles. The van der Waals surface area contributed by atoms with Crippen LogP contribution in [-0.4, -0.2) is 19.1 Å². The normalized spacial score (nSPS) is 25.2. The van der Waals surface area contributed by atoms with Crippen LogP contribution in [0.15, 0.2) is 29.3 Å². The van der Waals surface area contributed by atoms with Crippen molar-refractivity contribution in [3.8, 4) is 5.75 Å². The van der Waals surface area contributed by atoms with Crippen LogP contribution in [0, 0.1) is 5.92 Å². The van der Waals surface area contributed by atoms with Gasteiger partial charge in [0.1, 0.15) is 11.9 Å². The number of methoxy groups -OCH3 is 1. The Kier molecular flexibility index (Phi) is 3.67. The maximum absolute atomic E-state index is 5.67. The molecule has 1 aromatic rings. The summed E-state index contributed by atoms with van der Waals surface area (Å²) in [7, 11) is 1.66. The van der Waals surface area contributed by atoms with Crippen LogP contribution in [0.25, 0.3) is 0 Å². The van der Waals surface area contributed by atoms with Gasteiger partial charge in [-0.3, -0.25) is 0 Å². The summed E-state index contributed by atoms with van der Waals surface area (Å²) in [5, 5.41) is 0. The van der Waals surface area contributed by atoms with Crippen LogP contribution in [0.4, 0.5) is 5.69 Å². The molecule has 0 N–H and O–H groups in total. The zero-order valence-electron chi connectivity index (χ0n) is 10.6. The molecule has 2 unspecified atom stereocenters. The van der Waals surface area contributed by atoms with Gasteiger partial charge >= 0.3 is 0 Å². The maximum atomic E-state index is 5.67. The van der Waals surface area contributed by atoms with Crippen LogP contribution in [0.3, 0.4) is 0 Å². The van der Waals surface area contributed by atoms with E-state index in [1.54, 1.807) is 7.11 Å². The molecule has 1 aromatic carbocycles. The zero-order valence-corrected chi connectivity index (χ0v) is 10.6. The third-order valence-electron chi connectivity index (χ3n) is 3.10. The summed E-state index contributed by atoms with van der Waals surface area (Å²) in [6.45, 7) is 4.35. The molecule has 2 rings (SSSR count). The lowest BCUT2D eigenvalue weighted by Gasteiger charge is -2.36. The van der Waals surface area contributed by atoms with Crippen LogP contribution >= 0.6 is 0 Å². The molecule has 0 radical (unpaired) electrons. The van der Waals surface area contributed by atoms with Gasteiger partial charge in [-0.25, -0.2) is 4.99 Å². The highest BCUT2D eigenvalue weighted by Gasteiger charge is 2.35. The van der Waals surface area contributed by atoms with E-state index < -0.39 is 0 Å². The summed E-state index contributed by atoms with van der Waals surface area (Å²) in [5.74, 6) is 2.14. The van der Waals surface area contributed by atoms with Crippen molar-refractivity contribution in [2.24, 2.45) is 10.9 Å². The highest BCUT2D eigenvalue weighted by Crippen LogP contribution is 2.29. The van der Waals surface area contributed by atoms with E-state index in [4.69, 9.17) is 9.47 Å². The molecule has 17 heavy (non-hydrogen) atoms. The lowest BCUT2D eigenvalue weighted by molar-refractivity contribution is 0.0587. The first kappa shape index (κ1) is 12.0. The summed E-state index contributed by atoms with van der Waals surface area (Å²) >= 11 is 0. The molecule has 1 fully saturated rings. The fraction of sp³-hybridized carbons (Fsp3) is 0.500. The Morgan fingerprint density at radius 3 is 2.53 bits per heavy atom. The number of hydrogen-bond donors (Lipinski definition) is 0. The summed E-state index contributed by atoms with van der Waals surface area (Å²) in [4.78, 5) is 4.49. The van der Waals surface area contributed by atoms with Crippen molar-refractivity contribution >= 4 is 11.6 Å². The minimum atomic E-state index is 0.358. The van der Waals surface area contributed by atoms with Crippen LogP contribution in [0.1, 0.15) is 26.7 Å². The molecule has 2 atom stereocenters. The number of aliphatic imine (C=N–C) groups is 1. The Morgan fingerprint density at radius 1 is 1.29 bits per heavy atom. The van der Waals surface area contributed by atoms with Crippen LogP contribution in [0.2, 0.25) is 0 Å². The number of ether oxygens (including phenoxy) is 2. The van der Waals surface area contributed by atoms with Gasteiger partial charge in [0, 0.05) is 0 Å². The Labute approximate surface area is 102 Å². The highest BCUT2D eigenvalue weighted by atomic mass is 16.5. The maximum Gasteiger partial charge on any atom is 0.195 e. The Hall–Kier alpha value is -1.51. The van der Waals surface area contributed by atoms with Gasteiger partial charge in [0.05, 0.1) is 18.7 Å². The molecule has 1 heterocycles. The molecular formula is C14H19NO2. The van der Waals surface area contributed by atoms with E-state index in [1.165, 1.54) is 0 Å². The minimum absolute atomic E-state index is 0.358. The number of rotatable bonds is 4. The predicted octanol–water partition coefficient (Wildman–Crippen LogP) is 3.56. The van der Waals surface area contributed by atoms with Crippen molar-refractivity contribution in [2.45, 2.75) is 32.8 Å². The van der Waals surface area contributed by atoms with E-state index in [2.05, 4.69) is 18.8 Å². The molecule has 92 valence electrons. The molecule has 0 amide bonds. The zero-order chi connectivity index (χ0) is 12.3. The molecule has 3 heteroatoms. The third kappa shape index (κ3) is 2.60. The molecule has 3 nitrogen and oxygen atoms in total. The monoisotopic (exact) mass is 233 g/mol. The second-order valence-corrected chi connectivity index (χ2v) is 4.38. The topological polar surface area (TPSA) is 30.8 Å². The second-order valence-electron chi connectivity index (χ2n) is 4.38. The van der Waals surface area contributed by atoms with E-state index >= 15 is 0 Å². The van der Waals surface area contributed by atoms with Gasteiger partial charge < -0.3 is 9.47 Å². The minimum Gasteiger partial charge on any atom is -0.497 e. The molecule has 0 saturated carbocycles. The van der Waals surface area contributed by atoms with Crippen molar-refractivity contribution < 1.29 is 9.47 Å². The Balaban J connectivity index is 2.00. The average molecular weight is 233 g/mol. The van der Waals surface area contributed by atoms with E-state index in [-0.39, 0.29) is 0 Å². The first-order chi connectivity index (χ1) is 8.24. The van der Waals surface area contributed by atoms with Gasteiger partial charge in [0.15, 0.2) is 5.90 Å². The van der Waals surface area contributed by atoms with Gasteiger partial charge in [0.2, 0.25) is 0 Å². The summed E-state index contributed by atoms with van der Waals surface area (Å²) in [6.07, 6.45) is 2.63. The quantitative estimate of drug-likeness (QED) is 0.796. The van der Waals surface area contributed by atoms with Crippen molar-refractivity contribution in [2.75, 3.05) is 7.11 Å². The lowest BCUT2D eigenvalue weighted by Crippen LogP contribution is -2.43. The first-order valence-electron chi connectivity index (χ1n) is 6.14. The van der Waals surface area contributed by atoms with Crippen LogP contribution in [0.5, 0.6) is 5.75 Å². The van der Waals surface area contributed by atoms with Gasteiger partial charge in [0.25, 0.3) is 0 Å². The standard InChI is InChI=1S/C14H19NO2/c1-4-5-13-10(2)14(17-13)15-11-6-8-12(16-3)9-7-11/h6-10,13H,4-5H2,1-3H3. The SMILES string of the molecule is CCCC1OC(=Nc2ccc(OC)cc2)C1C. The lowest BCUT2D eigenvalue weighted by atomic mass is 9.95. The second kappa shape index (κ2) is 5.21. The predicted molar refractivity (Wildman–Crippen MR) is 69.0 cm³/mol. The molecule has 0 aromatic heterocycles. The summed E-state index contributed by atoms with van der Waals surface area (Å²) in [6, 6.07) is 7.70. The number of nitrogens with zero attached hydrogens (tertiary/aromatic N) is 1. The average Bonchev–Trinajstić information content (AvgIpc) is 2.38. The van der Waals surface area contributed by atoms with Crippen LogP contribution < -0.4 is 4.74 Å². The molecule has 1 aliphatic rings. The molecule has 0 spiro atoms. The van der Waals surface area contributed by atoms with E-state index in [0.717, 1.165) is 30.2 Å². The number of hydrogen-bond acceptors (Lipinski definition) is 3. The molecule has 1 saturated heterocycles. The highest BCUT2D eigenvalue weighted by molar-refractivity contribution is 5.86. The Bertz CT molecular complexity index is 397. The van der Waals surface area contributed by atoms with Gasteiger partial charge in [-0.2, -0.15) is 0 Å². The van der Waals surface area contributed by atoms with E-state index in [9.17, 15) is 0 Å². The van der Waals surface area contributed by atoms with Gasteiger partial charge in [-0.05, 0) is 30.7 Å². The Morgan fingerprint density at radius 2 is 2.00 bits per heavy atom. The summed E-state index contributed by atoms with van der Waals surface area (Å²) in [5.41, 5.74) is 0.919. The third-order valence-corrected chi connectivity index (χ3v) is 3.10. The van der Waals surface area contributed by atoms with Gasteiger partial charge in [-0.1, -0.05) is 20.3 Å². The van der Waals surface area contributed by atoms with Crippen molar-refractivity contribution in [1.29, 1.82) is 0 Å². The van der Waals surface area contributed by atoms with Crippen molar-refractivity contribution in [3.63, 3.8) is 0 Å². The summed E-state index contributed by atoms with van der Waals surface area (Å²) < 4.78 is 10.8. The molecule has 0 bridgehead atoms. The van der Waals surface area contributed by atoms with Crippen LogP contribution in [-0.2, 0) is 4.74 Å². The first-order valence-corrected chi connectivity index (χ1v) is 6.14. The van der Waals surface area contributed by atoms with Crippen molar-refractivity contribution in [3.05, 3.63) is 24.3 Å². The van der Waals surface area contributed by atoms with E-state index in [1.807, 2.05) is 24.3 Å². The molecular weight excluding hydrogens is 214 g/mol. The smallest absolute Gasteiger partial charge is 0.195 e. The largest absolute Gasteiger partial charge is 0.497 e. The van der Waals surface area contributed by atoms with E-state index in [0.29, 0.717) is 12.0 Å². The van der Waals surface area contributed by atoms with Gasteiger partial charge in [-0.15, -0.1) is 0 Å². The fourth-order valence-corrected chi connectivity index (χ4v) is 1.96.